The first kappa shape index (κ1) is 20.9. The Morgan fingerprint density at radius 3 is 2.29 bits per heavy atom. The van der Waals surface area contributed by atoms with Crippen LogP contribution in [0.4, 0.5) is 0 Å². The minimum Gasteiger partial charge on any atom is -0.345 e. The third-order valence-electron chi connectivity index (χ3n) is 4.99. The molecule has 0 saturated heterocycles. The molecule has 156 valence electrons. The first-order valence-corrected chi connectivity index (χ1v) is 11.1. The molecule has 0 aliphatic carbocycles. The van der Waals surface area contributed by atoms with E-state index in [1.807, 2.05) is 84.9 Å². The van der Waals surface area contributed by atoms with Crippen molar-refractivity contribution in [2.75, 3.05) is 5.75 Å². The Kier molecular flexibility index (Phi) is 6.48. The summed E-state index contributed by atoms with van der Waals surface area (Å²) in [5.41, 5.74) is 3.87. The second-order valence-corrected chi connectivity index (χ2v) is 8.21. The number of rotatable bonds is 8. The van der Waals surface area contributed by atoms with E-state index in [2.05, 4.69) is 9.88 Å². The van der Waals surface area contributed by atoms with Gasteiger partial charge in [-0.3, -0.25) is 14.2 Å². The van der Waals surface area contributed by atoms with E-state index in [0.29, 0.717) is 6.42 Å². The Morgan fingerprint density at radius 1 is 0.935 bits per heavy atom. The van der Waals surface area contributed by atoms with Crippen LogP contribution in [0.3, 0.4) is 0 Å². The van der Waals surface area contributed by atoms with Crippen molar-refractivity contribution in [3.63, 3.8) is 0 Å². The fourth-order valence-electron chi connectivity index (χ4n) is 3.44. The van der Waals surface area contributed by atoms with E-state index in [-0.39, 0.29) is 17.4 Å². The van der Waals surface area contributed by atoms with Crippen molar-refractivity contribution in [2.24, 2.45) is 0 Å². The zero-order chi connectivity index (χ0) is 21.6. The summed E-state index contributed by atoms with van der Waals surface area (Å²) in [5.74, 6) is -0.0686. The SMILES string of the molecule is CC(=O)[C@H](Cc1ccccc1)NC(=O)CSc1nc2ccccc2n1-c1ccccc1. The zero-order valence-corrected chi connectivity index (χ0v) is 18.0. The number of aromatic nitrogens is 2. The Morgan fingerprint density at radius 2 is 1.58 bits per heavy atom. The molecule has 1 N–H and O–H groups in total. The van der Waals surface area contributed by atoms with Crippen molar-refractivity contribution in [1.29, 1.82) is 0 Å². The highest BCUT2D eigenvalue weighted by atomic mass is 32.2. The van der Waals surface area contributed by atoms with Gasteiger partial charge in [-0.25, -0.2) is 4.98 Å². The predicted molar refractivity (Wildman–Crippen MR) is 125 cm³/mol. The van der Waals surface area contributed by atoms with Crippen molar-refractivity contribution < 1.29 is 9.59 Å². The number of amides is 1. The summed E-state index contributed by atoms with van der Waals surface area (Å²) in [5, 5.41) is 3.62. The van der Waals surface area contributed by atoms with Gasteiger partial charge in [0.25, 0.3) is 0 Å². The number of para-hydroxylation sites is 3. The van der Waals surface area contributed by atoms with Crippen LogP contribution >= 0.6 is 11.8 Å². The molecule has 4 rings (SSSR count). The van der Waals surface area contributed by atoms with Gasteiger partial charge >= 0.3 is 0 Å². The van der Waals surface area contributed by atoms with Crippen LogP contribution in [0.2, 0.25) is 0 Å². The fraction of sp³-hybridized carbons (Fsp3) is 0.160. The molecule has 5 nitrogen and oxygen atoms in total. The van der Waals surface area contributed by atoms with E-state index in [9.17, 15) is 9.59 Å². The summed E-state index contributed by atoms with van der Waals surface area (Å²) in [6.45, 7) is 1.51. The normalized spacial score (nSPS) is 11.9. The van der Waals surface area contributed by atoms with Crippen LogP contribution in [0.25, 0.3) is 16.7 Å². The molecule has 0 aliphatic rings. The molecule has 0 unspecified atom stereocenters. The number of carbonyl (C=O) groups excluding carboxylic acids is 2. The van der Waals surface area contributed by atoms with Gasteiger partial charge in [-0.15, -0.1) is 0 Å². The van der Waals surface area contributed by atoms with Gasteiger partial charge < -0.3 is 5.32 Å². The first-order chi connectivity index (χ1) is 15.1. The topological polar surface area (TPSA) is 64.0 Å². The lowest BCUT2D eigenvalue weighted by molar-refractivity contribution is -0.125. The van der Waals surface area contributed by atoms with Gasteiger partial charge in [-0.05, 0) is 43.2 Å². The number of imidazole rings is 1. The molecule has 31 heavy (non-hydrogen) atoms. The van der Waals surface area contributed by atoms with E-state index >= 15 is 0 Å². The molecule has 0 bridgehead atoms. The highest BCUT2D eigenvalue weighted by molar-refractivity contribution is 7.99. The Hall–Kier alpha value is -3.38. The van der Waals surface area contributed by atoms with E-state index in [1.54, 1.807) is 0 Å². The monoisotopic (exact) mass is 429 g/mol. The third-order valence-corrected chi connectivity index (χ3v) is 5.92. The van der Waals surface area contributed by atoms with Crippen molar-refractivity contribution in [2.45, 2.75) is 24.5 Å². The predicted octanol–water partition coefficient (Wildman–Crippen LogP) is 4.43. The Bertz CT molecular complexity index is 1190. The number of Topliss-reactive ketones (excluding diaryl/α,β-unsaturated/α-hetero) is 1. The second kappa shape index (κ2) is 9.62. The number of nitrogens with zero attached hydrogens (tertiary/aromatic N) is 2. The number of hydrogen-bond donors (Lipinski definition) is 1. The maximum atomic E-state index is 12.7. The summed E-state index contributed by atoms with van der Waals surface area (Å²) in [4.78, 5) is 29.5. The van der Waals surface area contributed by atoms with E-state index < -0.39 is 6.04 Å². The van der Waals surface area contributed by atoms with Crippen LogP contribution in [0.5, 0.6) is 0 Å². The smallest absolute Gasteiger partial charge is 0.231 e. The minimum atomic E-state index is -0.538. The molecule has 4 aromatic rings. The molecule has 1 amide bonds. The summed E-state index contributed by atoms with van der Waals surface area (Å²) in [6.07, 6.45) is 0.481. The number of thioether (sulfide) groups is 1. The standard InChI is InChI=1S/C25H23N3O2S/c1-18(29)22(16-19-10-4-2-5-11-19)26-24(30)17-31-25-27-21-14-8-9-15-23(21)28(25)20-12-6-3-7-13-20/h2-15,22H,16-17H2,1H3,(H,26,30)/t22-/m0/s1. The average molecular weight is 430 g/mol. The molecule has 1 aromatic heterocycles. The molecule has 1 atom stereocenters. The summed E-state index contributed by atoms with van der Waals surface area (Å²) >= 11 is 1.36. The number of hydrogen-bond acceptors (Lipinski definition) is 4. The number of nitrogens with one attached hydrogen (secondary N) is 1. The van der Waals surface area contributed by atoms with Gasteiger partial charge in [0.2, 0.25) is 5.91 Å². The Labute approximate surface area is 185 Å². The molecule has 3 aromatic carbocycles. The molecule has 0 radical (unpaired) electrons. The summed E-state index contributed by atoms with van der Waals surface area (Å²) in [7, 11) is 0. The van der Waals surface area contributed by atoms with Gasteiger partial charge in [0.05, 0.1) is 22.8 Å². The fourth-order valence-corrected chi connectivity index (χ4v) is 4.28. The lowest BCUT2D eigenvalue weighted by Gasteiger charge is -2.16. The quantitative estimate of drug-likeness (QED) is 0.421. The molecule has 6 heteroatoms. The van der Waals surface area contributed by atoms with Gasteiger partial charge in [0.15, 0.2) is 10.9 Å². The lowest BCUT2D eigenvalue weighted by atomic mass is 10.0. The van der Waals surface area contributed by atoms with Crippen LogP contribution in [0.15, 0.2) is 90.1 Å². The van der Waals surface area contributed by atoms with Crippen LogP contribution < -0.4 is 5.32 Å². The van der Waals surface area contributed by atoms with Gasteiger partial charge in [0.1, 0.15) is 0 Å². The maximum absolute atomic E-state index is 12.7. The maximum Gasteiger partial charge on any atom is 0.231 e. The average Bonchev–Trinajstić information content (AvgIpc) is 3.17. The van der Waals surface area contributed by atoms with Crippen molar-refractivity contribution in [3.05, 3.63) is 90.5 Å². The summed E-state index contributed by atoms with van der Waals surface area (Å²) < 4.78 is 2.06. The van der Waals surface area contributed by atoms with Crippen molar-refractivity contribution in [1.82, 2.24) is 14.9 Å². The number of fused-ring (bicyclic) bond motifs is 1. The largest absolute Gasteiger partial charge is 0.345 e. The number of ketones is 1. The molecule has 0 saturated carbocycles. The molecule has 0 fully saturated rings. The first-order valence-electron chi connectivity index (χ1n) is 10.1. The molecule has 0 aliphatic heterocycles. The van der Waals surface area contributed by atoms with Crippen molar-refractivity contribution >= 4 is 34.5 Å². The van der Waals surface area contributed by atoms with E-state index in [1.165, 1.54) is 18.7 Å². The highest BCUT2D eigenvalue weighted by Gasteiger charge is 2.19. The lowest BCUT2D eigenvalue weighted by Crippen LogP contribution is -2.42. The second-order valence-electron chi connectivity index (χ2n) is 7.26. The van der Waals surface area contributed by atoms with Crippen LogP contribution in [0.1, 0.15) is 12.5 Å². The summed E-state index contributed by atoms with van der Waals surface area (Å²) in [6, 6.07) is 27.0. The highest BCUT2D eigenvalue weighted by Crippen LogP contribution is 2.27. The van der Waals surface area contributed by atoms with E-state index in [4.69, 9.17) is 4.98 Å². The van der Waals surface area contributed by atoms with Crippen LogP contribution in [-0.4, -0.2) is 33.0 Å². The van der Waals surface area contributed by atoms with Gasteiger partial charge in [-0.2, -0.15) is 0 Å². The van der Waals surface area contributed by atoms with E-state index in [0.717, 1.165) is 27.4 Å². The minimum absolute atomic E-state index is 0.0567. The van der Waals surface area contributed by atoms with Gasteiger partial charge in [0, 0.05) is 5.69 Å². The van der Waals surface area contributed by atoms with Crippen molar-refractivity contribution in [3.8, 4) is 5.69 Å². The molecule has 0 spiro atoms. The van der Waals surface area contributed by atoms with Gasteiger partial charge in [-0.1, -0.05) is 72.4 Å². The molecular weight excluding hydrogens is 406 g/mol. The molecular formula is C25H23N3O2S. The van der Waals surface area contributed by atoms with Crippen LogP contribution in [-0.2, 0) is 16.0 Å². The zero-order valence-electron chi connectivity index (χ0n) is 17.2. The third kappa shape index (κ3) is 5.03. The van der Waals surface area contributed by atoms with Crippen LogP contribution in [0, 0.1) is 0 Å². The number of benzene rings is 3. The number of carbonyl (C=O) groups is 2. The molecule has 1 heterocycles. The Balaban J connectivity index is 1.50.